The summed E-state index contributed by atoms with van der Waals surface area (Å²) in [7, 11) is 0. The van der Waals surface area contributed by atoms with E-state index in [9.17, 15) is 9.59 Å². The average molecular weight is 269 g/mol. The molecule has 0 spiro atoms. The molecule has 7 heteroatoms. The fraction of sp³-hybridized carbons (Fsp3) is 0.0769. The predicted octanol–water partition coefficient (Wildman–Crippen LogP) is 0.576. The van der Waals surface area contributed by atoms with E-state index in [0.717, 1.165) is 0 Å². The quantitative estimate of drug-likeness (QED) is 0.646. The van der Waals surface area contributed by atoms with Gasteiger partial charge in [-0.15, -0.1) is 0 Å². The maximum atomic E-state index is 12.1. The van der Waals surface area contributed by atoms with Crippen LogP contribution in [-0.4, -0.2) is 26.1 Å². The number of imidazole rings is 1. The largest absolute Gasteiger partial charge is 0.347 e. The Morgan fingerprint density at radius 2 is 2.05 bits per heavy atom. The van der Waals surface area contributed by atoms with Crippen LogP contribution in [-0.2, 0) is 6.54 Å². The molecule has 0 aliphatic rings. The van der Waals surface area contributed by atoms with E-state index in [1.807, 2.05) is 0 Å². The summed E-state index contributed by atoms with van der Waals surface area (Å²) < 4.78 is 0. The third-order valence-electron chi connectivity index (χ3n) is 2.88. The van der Waals surface area contributed by atoms with Gasteiger partial charge < -0.3 is 10.3 Å². The van der Waals surface area contributed by atoms with Crippen molar-refractivity contribution in [3.63, 3.8) is 0 Å². The number of carbonyl (C=O) groups is 1. The topological polar surface area (TPSA) is 104 Å². The van der Waals surface area contributed by atoms with Crippen LogP contribution in [0.25, 0.3) is 10.8 Å². The van der Waals surface area contributed by atoms with Crippen LogP contribution < -0.4 is 10.9 Å². The Morgan fingerprint density at radius 1 is 1.25 bits per heavy atom. The lowest BCUT2D eigenvalue weighted by Crippen LogP contribution is -2.26. The van der Waals surface area contributed by atoms with Gasteiger partial charge in [0.2, 0.25) is 0 Å². The Labute approximate surface area is 113 Å². The molecule has 0 fully saturated rings. The molecule has 1 aromatic carbocycles. The number of fused-ring (bicyclic) bond motifs is 1. The van der Waals surface area contributed by atoms with Crippen LogP contribution in [0.2, 0.25) is 0 Å². The molecule has 0 radical (unpaired) electrons. The van der Waals surface area contributed by atoms with Gasteiger partial charge >= 0.3 is 0 Å². The number of nitrogens with zero attached hydrogens (tertiary/aromatic N) is 2. The van der Waals surface area contributed by atoms with Gasteiger partial charge in [0.25, 0.3) is 11.5 Å². The van der Waals surface area contributed by atoms with E-state index >= 15 is 0 Å². The van der Waals surface area contributed by atoms with Crippen molar-refractivity contribution in [3.8, 4) is 0 Å². The van der Waals surface area contributed by atoms with Gasteiger partial charge in [0, 0.05) is 17.8 Å². The molecule has 2 heterocycles. The molecule has 0 unspecified atom stereocenters. The summed E-state index contributed by atoms with van der Waals surface area (Å²) in [6.07, 6.45) is 3.28. The maximum absolute atomic E-state index is 12.1. The molecule has 3 N–H and O–H groups in total. The van der Waals surface area contributed by atoms with Crippen molar-refractivity contribution in [1.29, 1.82) is 0 Å². The van der Waals surface area contributed by atoms with Gasteiger partial charge in [-0.2, -0.15) is 5.10 Å². The Balaban J connectivity index is 1.92. The molecule has 3 rings (SSSR count). The molecule has 100 valence electrons. The van der Waals surface area contributed by atoms with Gasteiger partial charge in [-0.1, -0.05) is 18.2 Å². The van der Waals surface area contributed by atoms with Crippen LogP contribution in [0.3, 0.4) is 0 Å². The van der Waals surface area contributed by atoms with Gasteiger partial charge in [-0.25, -0.2) is 10.1 Å². The molecule has 0 aliphatic heterocycles. The number of aromatic amines is 2. The van der Waals surface area contributed by atoms with Crippen LogP contribution in [0, 0.1) is 0 Å². The fourth-order valence-corrected chi connectivity index (χ4v) is 1.93. The number of amides is 1. The number of hydrogen-bond acceptors (Lipinski definition) is 4. The number of nitrogens with one attached hydrogen (secondary N) is 3. The van der Waals surface area contributed by atoms with Crippen molar-refractivity contribution in [3.05, 3.63) is 58.5 Å². The first kappa shape index (κ1) is 12.1. The molecule has 1 amide bonds. The second-order valence-electron chi connectivity index (χ2n) is 4.17. The third-order valence-corrected chi connectivity index (χ3v) is 2.88. The number of rotatable bonds is 3. The van der Waals surface area contributed by atoms with Crippen LogP contribution >= 0.6 is 0 Å². The Morgan fingerprint density at radius 3 is 2.80 bits per heavy atom. The maximum Gasteiger partial charge on any atom is 0.272 e. The van der Waals surface area contributed by atoms with E-state index < -0.39 is 0 Å². The monoisotopic (exact) mass is 269 g/mol. The number of hydrogen-bond donors (Lipinski definition) is 3. The summed E-state index contributed by atoms with van der Waals surface area (Å²) in [4.78, 5) is 30.7. The van der Waals surface area contributed by atoms with E-state index in [2.05, 4.69) is 25.5 Å². The van der Waals surface area contributed by atoms with Crippen molar-refractivity contribution in [2.45, 2.75) is 6.54 Å². The zero-order valence-electron chi connectivity index (χ0n) is 10.4. The highest BCUT2D eigenvalue weighted by molar-refractivity contribution is 6.04. The summed E-state index contributed by atoms with van der Waals surface area (Å²) in [6.45, 7) is 0.265. The lowest BCUT2D eigenvalue weighted by Gasteiger charge is -2.05. The van der Waals surface area contributed by atoms with Gasteiger partial charge in [-0.05, 0) is 6.07 Å². The molecule has 7 nitrogen and oxygen atoms in total. The van der Waals surface area contributed by atoms with Crippen molar-refractivity contribution >= 4 is 16.7 Å². The number of H-pyrrole nitrogens is 2. The first-order valence-corrected chi connectivity index (χ1v) is 5.99. The number of carbonyl (C=O) groups excluding carboxylic acids is 1. The molecule has 0 atom stereocenters. The second-order valence-corrected chi connectivity index (χ2v) is 4.17. The Bertz CT molecular complexity index is 807. The third kappa shape index (κ3) is 2.16. The molecule has 20 heavy (non-hydrogen) atoms. The summed E-state index contributed by atoms with van der Waals surface area (Å²) in [5.41, 5.74) is -0.130. The minimum absolute atomic E-state index is 0.187. The van der Waals surface area contributed by atoms with E-state index in [-0.39, 0.29) is 23.7 Å². The minimum atomic E-state index is -0.367. The van der Waals surface area contributed by atoms with Gasteiger partial charge in [0.05, 0.1) is 11.9 Å². The first-order chi connectivity index (χ1) is 9.75. The number of aromatic nitrogens is 4. The van der Waals surface area contributed by atoms with E-state index in [0.29, 0.717) is 16.6 Å². The highest BCUT2D eigenvalue weighted by atomic mass is 16.2. The number of benzene rings is 1. The molecular weight excluding hydrogens is 258 g/mol. The summed E-state index contributed by atoms with van der Waals surface area (Å²) in [5.74, 6) is 0.279. The summed E-state index contributed by atoms with van der Waals surface area (Å²) in [5, 5.41) is 9.81. The summed E-state index contributed by atoms with van der Waals surface area (Å²) in [6, 6.07) is 6.84. The first-order valence-electron chi connectivity index (χ1n) is 5.99. The zero-order valence-corrected chi connectivity index (χ0v) is 10.4. The smallest absolute Gasteiger partial charge is 0.272 e. The molecular formula is C13H11N5O2. The molecule has 2 aromatic heterocycles. The van der Waals surface area contributed by atoms with Crippen LogP contribution in [0.15, 0.2) is 41.5 Å². The Hall–Kier alpha value is -2.96. The van der Waals surface area contributed by atoms with Crippen molar-refractivity contribution in [2.75, 3.05) is 0 Å². The lowest BCUT2D eigenvalue weighted by molar-refractivity contribution is 0.0946. The molecule has 0 saturated carbocycles. The van der Waals surface area contributed by atoms with Crippen molar-refractivity contribution in [1.82, 2.24) is 25.5 Å². The zero-order chi connectivity index (χ0) is 13.9. The molecule has 0 bridgehead atoms. The van der Waals surface area contributed by atoms with E-state index in [1.165, 1.54) is 0 Å². The van der Waals surface area contributed by atoms with E-state index in [4.69, 9.17) is 0 Å². The average Bonchev–Trinajstić information content (AvgIpc) is 2.99. The Kier molecular flexibility index (Phi) is 3.00. The SMILES string of the molecule is O=C(NCc1ncc[nH]1)c1n[nH]c(=O)c2ccccc12. The highest BCUT2D eigenvalue weighted by Gasteiger charge is 2.13. The second kappa shape index (κ2) is 4.96. The standard InChI is InChI=1S/C13H11N5O2/c19-12-9-4-2-1-3-8(9)11(17-18-12)13(20)16-7-10-14-5-6-15-10/h1-6H,7H2,(H,14,15)(H,16,20)(H,18,19). The molecule has 3 aromatic rings. The minimum Gasteiger partial charge on any atom is -0.347 e. The van der Waals surface area contributed by atoms with Crippen molar-refractivity contribution in [2.24, 2.45) is 0 Å². The molecule has 0 aliphatic carbocycles. The van der Waals surface area contributed by atoms with Gasteiger partial charge in [0.1, 0.15) is 5.82 Å². The van der Waals surface area contributed by atoms with E-state index in [1.54, 1.807) is 36.7 Å². The normalized spacial score (nSPS) is 10.6. The van der Waals surface area contributed by atoms with Crippen LogP contribution in [0.5, 0.6) is 0 Å². The fourth-order valence-electron chi connectivity index (χ4n) is 1.93. The lowest BCUT2D eigenvalue weighted by atomic mass is 10.1. The van der Waals surface area contributed by atoms with Gasteiger partial charge in [-0.3, -0.25) is 9.59 Å². The highest BCUT2D eigenvalue weighted by Crippen LogP contribution is 2.12. The van der Waals surface area contributed by atoms with Crippen molar-refractivity contribution < 1.29 is 4.79 Å². The van der Waals surface area contributed by atoms with Gasteiger partial charge in [0.15, 0.2) is 5.69 Å². The van der Waals surface area contributed by atoms with Crippen LogP contribution in [0.1, 0.15) is 16.3 Å². The van der Waals surface area contributed by atoms with Crippen LogP contribution in [0.4, 0.5) is 0 Å². The summed E-state index contributed by atoms with van der Waals surface area (Å²) >= 11 is 0. The predicted molar refractivity (Wildman–Crippen MR) is 72.1 cm³/mol. The molecule has 0 saturated heterocycles.